The summed E-state index contributed by atoms with van der Waals surface area (Å²) in [6.07, 6.45) is 9.95. The number of pyridine rings is 1. The second-order valence-electron chi connectivity index (χ2n) is 29.5. The molecule has 88 heavy (non-hydrogen) atoms. The Morgan fingerprint density at radius 1 is 0.830 bits per heavy atom. The van der Waals surface area contributed by atoms with Crippen molar-refractivity contribution in [1.29, 1.82) is 0 Å². The molecule has 0 saturated heterocycles. The number of nitrogens with one attached hydrogen (secondary N) is 1. The van der Waals surface area contributed by atoms with Crippen LogP contribution in [0.25, 0.3) is 11.1 Å². The summed E-state index contributed by atoms with van der Waals surface area (Å²) in [6, 6.07) is 28.7. The summed E-state index contributed by atoms with van der Waals surface area (Å²) in [5.41, 5.74) is 3.93. The third kappa shape index (κ3) is 15.1. The maximum atomic E-state index is 13.3. The average molecular weight is 1250 g/mol. The summed E-state index contributed by atoms with van der Waals surface area (Å²) in [5, 5.41) is 21.3. The van der Waals surface area contributed by atoms with Crippen LogP contribution >= 0.6 is 0 Å². The van der Waals surface area contributed by atoms with Gasteiger partial charge < -0.3 is 38.9 Å². The molecule has 478 valence electrons. The molecule has 1 aliphatic heterocycles. The second kappa shape index (κ2) is 25.7. The highest BCUT2D eigenvalue weighted by molar-refractivity contribution is 7.86. The lowest BCUT2D eigenvalue weighted by molar-refractivity contribution is -0.247. The van der Waals surface area contributed by atoms with Gasteiger partial charge in [0, 0.05) is 69.7 Å². The maximum absolute atomic E-state index is 13.3. The summed E-state index contributed by atoms with van der Waals surface area (Å²) in [5.74, 6) is -1.25. The molecule has 4 bridgehead atoms. The van der Waals surface area contributed by atoms with Crippen LogP contribution in [0.4, 0.5) is 10.6 Å². The van der Waals surface area contributed by atoms with E-state index >= 15 is 0 Å². The number of anilines is 1. The number of aromatic nitrogens is 3. The van der Waals surface area contributed by atoms with Gasteiger partial charge in [-0.15, -0.1) is 0 Å². The molecule has 19 heteroatoms. The fourth-order valence-corrected chi connectivity index (χ4v) is 21.5. The van der Waals surface area contributed by atoms with Crippen LogP contribution in [0, 0.1) is 28.6 Å². The van der Waals surface area contributed by atoms with Crippen molar-refractivity contribution < 1.29 is 50.7 Å². The number of carbonyl (C=O) groups excluding carboxylic acids is 2. The lowest BCUT2D eigenvalue weighted by Gasteiger charge is -2.69. The molecule has 2 unspecified atom stereocenters. The molecule has 2 atom stereocenters. The standard InChI is InChI=1S/C69H96N6O11SSi/c1-49-56(54-26-27-58(72-59(54)60(76)77)74-33-28-51-37-50(38-55(57(51)40-74)61(78)82-13)21-20-32-73(12)62(79)86-63(2,3)4)39-71-75(49)47-68-42-66(10)41-67(11,43-68)45-69(44-66,46-68)83-35-30-70-31-36-87(80,81)84-48-65(8,9)29-34-85-88(64(5,6)7,52-22-16-14-17-23-52)53-24-18-15-19-25-53/h14-19,22-27,37-39,70H,20-21,28-36,40-48H2,1-13H3,(H,76,77). The minimum atomic E-state index is -3.81. The highest BCUT2D eigenvalue weighted by Crippen LogP contribution is 2.72. The summed E-state index contributed by atoms with van der Waals surface area (Å²) in [7, 11) is -3.47. The number of hydrogen-bond donors (Lipinski definition) is 2. The number of nitrogens with zero attached hydrogens (tertiary/aromatic N) is 5. The van der Waals surface area contributed by atoms with Crippen LogP contribution in [0.3, 0.4) is 0 Å². The molecule has 5 aromatic rings. The number of esters is 1. The summed E-state index contributed by atoms with van der Waals surface area (Å²) >= 11 is 0. The zero-order valence-electron chi connectivity index (χ0n) is 54.5. The number of carboxylic acid groups (broad SMARTS) is 1. The quantitative estimate of drug-likeness (QED) is 0.0229. The van der Waals surface area contributed by atoms with Gasteiger partial charge in [-0.1, -0.05) is 115 Å². The molecule has 0 radical (unpaired) electrons. The van der Waals surface area contributed by atoms with Gasteiger partial charge in [-0.05, 0) is 164 Å². The Morgan fingerprint density at radius 3 is 2.10 bits per heavy atom. The minimum absolute atomic E-state index is 0.0552. The molecule has 4 saturated carbocycles. The van der Waals surface area contributed by atoms with E-state index in [-0.39, 0.29) is 57.6 Å². The lowest BCUT2D eigenvalue weighted by Crippen LogP contribution is -2.66. The smallest absolute Gasteiger partial charge is 0.410 e. The fraction of sp³-hybridized carbons (Fsp3) is 0.580. The first-order chi connectivity index (χ1) is 41.3. The normalized spacial score (nSPS) is 21.9. The molecule has 17 nitrogen and oxygen atoms in total. The zero-order valence-corrected chi connectivity index (χ0v) is 56.3. The number of carbonyl (C=O) groups is 3. The molecule has 3 aromatic carbocycles. The average Bonchev–Trinajstić information content (AvgIpc) is 0.798. The number of carboxylic acids is 1. The number of aromatic carboxylic acids is 1. The number of rotatable bonds is 26. The molecular weight excluding hydrogens is 1150 g/mol. The van der Waals surface area contributed by atoms with Gasteiger partial charge >= 0.3 is 18.0 Å². The molecule has 0 spiro atoms. The van der Waals surface area contributed by atoms with Crippen LogP contribution in [-0.4, -0.2) is 137 Å². The molecule has 2 aromatic heterocycles. The van der Waals surface area contributed by atoms with Crippen LogP contribution < -0.4 is 20.6 Å². The second-order valence-corrected chi connectivity index (χ2v) is 35.6. The van der Waals surface area contributed by atoms with Gasteiger partial charge in [0.05, 0.1) is 43.4 Å². The SMILES string of the molecule is COC(=O)c1cc(CCCN(C)C(=O)OC(C)(C)C)cc2c1CN(c1ccc(-c3cnn(CC45CC6(C)CC(C)(C4)CC(OCCNCCS(=O)(=O)OCC(C)(C)CCO[Si](c4ccccc4)(c4ccccc4)C(C)(C)C)(C6)C5)c3C)c(C(=O)O)n1)CC2. The van der Waals surface area contributed by atoms with E-state index in [2.05, 4.69) is 99.2 Å². The van der Waals surface area contributed by atoms with Crippen molar-refractivity contribution in [2.24, 2.45) is 21.7 Å². The highest BCUT2D eigenvalue weighted by Gasteiger charge is 2.66. The van der Waals surface area contributed by atoms with Crippen molar-refractivity contribution in [2.75, 3.05) is 70.8 Å². The number of hydrogen-bond acceptors (Lipinski definition) is 14. The third-order valence-electron chi connectivity index (χ3n) is 18.8. The topological polar surface area (TPSA) is 201 Å². The van der Waals surface area contributed by atoms with E-state index in [1.807, 2.05) is 76.8 Å². The first-order valence-electron chi connectivity index (χ1n) is 31.5. The van der Waals surface area contributed by atoms with Gasteiger partial charge in [-0.25, -0.2) is 19.4 Å². The Morgan fingerprint density at radius 2 is 1.49 bits per heavy atom. The van der Waals surface area contributed by atoms with E-state index in [0.29, 0.717) is 94.1 Å². The number of aryl methyl sites for hydroxylation is 1. The maximum Gasteiger partial charge on any atom is 0.410 e. The van der Waals surface area contributed by atoms with E-state index in [1.54, 1.807) is 18.1 Å². The lowest BCUT2D eigenvalue weighted by atomic mass is 9.39. The molecule has 3 heterocycles. The third-order valence-corrected chi connectivity index (χ3v) is 25.0. The van der Waals surface area contributed by atoms with Crippen molar-refractivity contribution >= 4 is 52.7 Å². The Hall–Kier alpha value is -5.96. The Kier molecular flexibility index (Phi) is 19.4. The number of amides is 1. The number of benzene rings is 3. The summed E-state index contributed by atoms with van der Waals surface area (Å²) in [4.78, 5) is 47.4. The molecule has 4 aliphatic carbocycles. The van der Waals surface area contributed by atoms with Crippen molar-refractivity contribution in [2.45, 2.75) is 170 Å². The van der Waals surface area contributed by atoms with E-state index in [0.717, 1.165) is 60.9 Å². The van der Waals surface area contributed by atoms with Crippen molar-refractivity contribution in [3.8, 4) is 11.1 Å². The van der Waals surface area contributed by atoms with Crippen LogP contribution in [0.15, 0.2) is 91.1 Å². The Labute approximate surface area is 523 Å². The largest absolute Gasteiger partial charge is 0.476 e. The zero-order chi connectivity index (χ0) is 63.7. The molecular formula is C69H96N6O11SSi. The van der Waals surface area contributed by atoms with Crippen LogP contribution in [0.2, 0.25) is 5.04 Å². The fourth-order valence-electron chi connectivity index (χ4n) is 15.9. The first kappa shape index (κ1) is 66.5. The highest BCUT2D eigenvalue weighted by atomic mass is 32.2. The summed E-state index contributed by atoms with van der Waals surface area (Å²) in [6.45, 7) is 26.9. The van der Waals surface area contributed by atoms with E-state index in [1.165, 1.54) is 17.5 Å². The summed E-state index contributed by atoms with van der Waals surface area (Å²) < 4.78 is 59.3. The van der Waals surface area contributed by atoms with Gasteiger partial charge in [-0.3, -0.25) is 8.86 Å². The van der Waals surface area contributed by atoms with E-state index in [9.17, 15) is 27.9 Å². The van der Waals surface area contributed by atoms with Gasteiger partial charge in [0.25, 0.3) is 18.4 Å². The molecule has 5 aliphatic rings. The Bertz CT molecular complexity index is 3370. The van der Waals surface area contributed by atoms with Gasteiger partial charge in [0.15, 0.2) is 5.69 Å². The van der Waals surface area contributed by atoms with Gasteiger partial charge in [-0.2, -0.15) is 13.5 Å². The molecule has 4 fully saturated rings. The van der Waals surface area contributed by atoms with Crippen LogP contribution in [0.5, 0.6) is 0 Å². The Balaban J connectivity index is 0.791. The number of fused-ring (bicyclic) bond motifs is 1. The minimum Gasteiger partial charge on any atom is -0.476 e. The van der Waals surface area contributed by atoms with Crippen molar-refractivity contribution in [3.63, 3.8) is 0 Å². The molecule has 2 N–H and O–H groups in total. The van der Waals surface area contributed by atoms with E-state index < -0.39 is 41.4 Å². The number of ether oxygens (including phenoxy) is 3. The van der Waals surface area contributed by atoms with Crippen LogP contribution in [-0.2, 0) is 58.9 Å². The van der Waals surface area contributed by atoms with Crippen molar-refractivity contribution in [3.05, 3.63) is 125 Å². The van der Waals surface area contributed by atoms with Crippen LogP contribution in [0.1, 0.15) is 164 Å². The molecule has 1 amide bonds. The van der Waals surface area contributed by atoms with Crippen molar-refractivity contribution in [1.82, 2.24) is 25.0 Å². The van der Waals surface area contributed by atoms with E-state index in [4.69, 9.17) is 32.9 Å². The molecule has 10 rings (SSSR count). The predicted molar refractivity (Wildman–Crippen MR) is 346 cm³/mol. The first-order valence-corrected chi connectivity index (χ1v) is 34.9. The predicted octanol–water partition coefficient (Wildman–Crippen LogP) is 11.2. The monoisotopic (exact) mass is 1240 g/mol. The van der Waals surface area contributed by atoms with Gasteiger partial charge in [0.1, 0.15) is 11.4 Å². The van der Waals surface area contributed by atoms with Gasteiger partial charge in [0.2, 0.25) is 0 Å². The number of methoxy groups -OCH3 is 1.